The van der Waals surface area contributed by atoms with E-state index in [0.717, 1.165) is 29.5 Å². The zero-order chi connectivity index (χ0) is 13.1. The molecule has 2 N–H and O–H groups in total. The Labute approximate surface area is 117 Å². The Balaban J connectivity index is 1.90. The van der Waals surface area contributed by atoms with Gasteiger partial charge in [0.1, 0.15) is 0 Å². The second-order valence-electron chi connectivity index (χ2n) is 4.79. The summed E-state index contributed by atoms with van der Waals surface area (Å²) in [6.45, 7) is 2.11. The molecule has 1 aromatic carbocycles. The summed E-state index contributed by atoms with van der Waals surface area (Å²) >= 11 is 6.33. The van der Waals surface area contributed by atoms with Gasteiger partial charge in [-0.1, -0.05) is 17.7 Å². The van der Waals surface area contributed by atoms with Gasteiger partial charge in [0.2, 0.25) is 0 Å². The van der Waals surface area contributed by atoms with Gasteiger partial charge in [0.05, 0.1) is 22.7 Å². The van der Waals surface area contributed by atoms with Crippen molar-refractivity contribution < 1.29 is 0 Å². The number of imidazole rings is 1. The second kappa shape index (κ2) is 5.63. The molecular weight excluding hydrogens is 260 g/mol. The van der Waals surface area contributed by atoms with E-state index in [1.165, 1.54) is 12.8 Å². The van der Waals surface area contributed by atoms with Crippen LogP contribution in [0.5, 0.6) is 0 Å². The van der Waals surface area contributed by atoms with Gasteiger partial charge in [-0.2, -0.15) is 0 Å². The van der Waals surface area contributed by atoms with Crippen molar-refractivity contribution in [3.8, 4) is 5.69 Å². The van der Waals surface area contributed by atoms with Crippen LogP contribution in [-0.4, -0.2) is 28.7 Å². The van der Waals surface area contributed by atoms with Crippen molar-refractivity contribution in [2.75, 3.05) is 18.4 Å². The number of para-hydroxylation sites is 1. The Hall–Kier alpha value is -1.52. The number of piperidine rings is 1. The average molecular weight is 277 g/mol. The van der Waals surface area contributed by atoms with Crippen LogP contribution in [0.3, 0.4) is 0 Å². The number of rotatable bonds is 3. The lowest BCUT2D eigenvalue weighted by atomic mass is 10.1. The van der Waals surface area contributed by atoms with Crippen LogP contribution in [0, 0.1) is 0 Å². The molecule has 100 valence electrons. The van der Waals surface area contributed by atoms with Crippen molar-refractivity contribution >= 4 is 17.3 Å². The number of nitrogens with zero attached hydrogens (tertiary/aromatic N) is 2. The zero-order valence-electron chi connectivity index (χ0n) is 10.6. The molecule has 4 nitrogen and oxygen atoms in total. The van der Waals surface area contributed by atoms with Crippen molar-refractivity contribution in [3.05, 3.63) is 41.9 Å². The molecule has 0 radical (unpaired) electrons. The van der Waals surface area contributed by atoms with Gasteiger partial charge < -0.3 is 15.2 Å². The van der Waals surface area contributed by atoms with E-state index < -0.39 is 0 Å². The molecular formula is C14H17ClN4. The number of hydrogen-bond donors (Lipinski definition) is 2. The lowest BCUT2D eigenvalue weighted by Gasteiger charge is -2.26. The van der Waals surface area contributed by atoms with Crippen molar-refractivity contribution in [2.24, 2.45) is 0 Å². The molecule has 5 heteroatoms. The summed E-state index contributed by atoms with van der Waals surface area (Å²) in [6.07, 6.45) is 7.83. The summed E-state index contributed by atoms with van der Waals surface area (Å²) in [5.74, 6) is 0. The van der Waals surface area contributed by atoms with E-state index in [1.54, 1.807) is 12.5 Å². The number of benzene rings is 1. The molecule has 1 aromatic heterocycles. The first-order valence-corrected chi connectivity index (χ1v) is 6.96. The molecule has 0 saturated carbocycles. The molecule has 1 unspecified atom stereocenters. The number of hydrogen-bond acceptors (Lipinski definition) is 3. The monoisotopic (exact) mass is 276 g/mol. The fourth-order valence-electron chi connectivity index (χ4n) is 2.48. The minimum absolute atomic E-state index is 0.453. The van der Waals surface area contributed by atoms with Gasteiger partial charge in [-0.25, -0.2) is 4.98 Å². The predicted molar refractivity (Wildman–Crippen MR) is 78.1 cm³/mol. The van der Waals surface area contributed by atoms with Gasteiger partial charge in [0.15, 0.2) is 0 Å². The van der Waals surface area contributed by atoms with Crippen LogP contribution < -0.4 is 10.6 Å². The lowest BCUT2D eigenvalue weighted by Crippen LogP contribution is -2.38. The Morgan fingerprint density at radius 3 is 3.11 bits per heavy atom. The van der Waals surface area contributed by atoms with E-state index in [4.69, 9.17) is 11.6 Å². The number of nitrogens with one attached hydrogen (secondary N) is 2. The molecule has 2 heterocycles. The Kier molecular flexibility index (Phi) is 3.71. The van der Waals surface area contributed by atoms with Crippen LogP contribution in [0.15, 0.2) is 36.9 Å². The molecule has 1 saturated heterocycles. The fourth-order valence-corrected chi connectivity index (χ4v) is 2.75. The first-order valence-electron chi connectivity index (χ1n) is 6.59. The highest BCUT2D eigenvalue weighted by molar-refractivity contribution is 6.33. The zero-order valence-corrected chi connectivity index (χ0v) is 11.4. The molecule has 0 aliphatic carbocycles. The van der Waals surface area contributed by atoms with E-state index >= 15 is 0 Å². The van der Waals surface area contributed by atoms with Crippen LogP contribution in [0.4, 0.5) is 5.69 Å². The summed E-state index contributed by atoms with van der Waals surface area (Å²) in [5, 5.41) is 7.72. The van der Waals surface area contributed by atoms with E-state index in [-0.39, 0.29) is 0 Å². The standard InChI is InChI=1S/C14H17ClN4/c15-12-4-1-5-13(14(12)19-8-7-17-10-19)18-11-3-2-6-16-9-11/h1,4-5,7-8,10-11,16,18H,2-3,6,9H2. The fraction of sp³-hybridized carbons (Fsp3) is 0.357. The SMILES string of the molecule is Clc1cccc(NC2CCCNC2)c1-n1ccnc1. The van der Waals surface area contributed by atoms with Gasteiger partial charge in [-0.3, -0.25) is 0 Å². The summed E-state index contributed by atoms with van der Waals surface area (Å²) < 4.78 is 1.95. The molecule has 1 aliphatic rings. The Morgan fingerprint density at radius 1 is 1.42 bits per heavy atom. The molecule has 3 rings (SSSR count). The van der Waals surface area contributed by atoms with Crippen molar-refractivity contribution in [3.63, 3.8) is 0 Å². The highest BCUT2D eigenvalue weighted by Gasteiger charge is 2.15. The topological polar surface area (TPSA) is 41.9 Å². The van der Waals surface area contributed by atoms with Gasteiger partial charge in [0, 0.05) is 25.0 Å². The van der Waals surface area contributed by atoms with Crippen LogP contribution in [0.1, 0.15) is 12.8 Å². The number of anilines is 1. The van der Waals surface area contributed by atoms with Crippen molar-refractivity contribution in [1.29, 1.82) is 0 Å². The molecule has 0 spiro atoms. The van der Waals surface area contributed by atoms with E-state index in [1.807, 2.05) is 22.9 Å². The summed E-state index contributed by atoms with van der Waals surface area (Å²) in [4.78, 5) is 4.09. The maximum atomic E-state index is 6.33. The maximum absolute atomic E-state index is 6.33. The normalized spacial score (nSPS) is 19.3. The molecule has 1 aliphatic heterocycles. The predicted octanol–water partition coefficient (Wildman–Crippen LogP) is 2.69. The number of halogens is 1. The Morgan fingerprint density at radius 2 is 2.37 bits per heavy atom. The van der Waals surface area contributed by atoms with E-state index in [0.29, 0.717) is 6.04 Å². The molecule has 19 heavy (non-hydrogen) atoms. The van der Waals surface area contributed by atoms with Crippen molar-refractivity contribution in [1.82, 2.24) is 14.9 Å². The average Bonchev–Trinajstić information content (AvgIpc) is 2.94. The minimum Gasteiger partial charge on any atom is -0.379 e. The lowest BCUT2D eigenvalue weighted by molar-refractivity contribution is 0.480. The van der Waals surface area contributed by atoms with Gasteiger partial charge in [-0.05, 0) is 31.5 Å². The summed E-state index contributed by atoms with van der Waals surface area (Å²) in [5.41, 5.74) is 2.02. The first kappa shape index (κ1) is 12.5. The second-order valence-corrected chi connectivity index (χ2v) is 5.20. The Bertz CT molecular complexity index is 532. The molecule has 0 amide bonds. The molecule has 2 aromatic rings. The summed E-state index contributed by atoms with van der Waals surface area (Å²) in [6, 6.07) is 6.40. The van der Waals surface area contributed by atoms with Crippen molar-refractivity contribution in [2.45, 2.75) is 18.9 Å². The highest BCUT2D eigenvalue weighted by Crippen LogP contribution is 2.29. The third-order valence-electron chi connectivity index (χ3n) is 3.41. The first-order chi connectivity index (χ1) is 9.34. The molecule has 1 atom stereocenters. The van der Waals surface area contributed by atoms with Crippen LogP contribution in [0.2, 0.25) is 5.02 Å². The van der Waals surface area contributed by atoms with Crippen LogP contribution in [-0.2, 0) is 0 Å². The van der Waals surface area contributed by atoms with Crippen LogP contribution in [0.25, 0.3) is 5.69 Å². The highest BCUT2D eigenvalue weighted by atomic mass is 35.5. The van der Waals surface area contributed by atoms with Crippen LogP contribution >= 0.6 is 11.6 Å². The number of aromatic nitrogens is 2. The van der Waals surface area contributed by atoms with Gasteiger partial charge >= 0.3 is 0 Å². The molecule has 0 bridgehead atoms. The quantitative estimate of drug-likeness (QED) is 0.906. The van der Waals surface area contributed by atoms with E-state index in [2.05, 4.69) is 21.7 Å². The van der Waals surface area contributed by atoms with Gasteiger partial charge in [0.25, 0.3) is 0 Å². The smallest absolute Gasteiger partial charge is 0.0992 e. The maximum Gasteiger partial charge on any atom is 0.0992 e. The third kappa shape index (κ3) is 2.74. The molecule has 1 fully saturated rings. The minimum atomic E-state index is 0.453. The van der Waals surface area contributed by atoms with E-state index in [9.17, 15) is 0 Å². The summed E-state index contributed by atoms with van der Waals surface area (Å²) in [7, 11) is 0. The van der Waals surface area contributed by atoms with Gasteiger partial charge in [-0.15, -0.1) is 0 Å². The largest absolute Gasteiger partial charge is 0.379 e. The third-order valence-corrected chi connectivity index (χ3v) is 3.71.